The fourth-order valence-electron chi connectivity index (χ4n) is 3.16. The summed E-state index contributed by atoms with van der Waals surface area (Å²) in [6, 6.07) is 0. The minimum Gasteiger partial charge on any atom is -0.319 e. The first kappa shape index (κ1) is 12.1. The zero-order valence-electron chi connectivity index (χ0n) is 10.6. The van der Waals surface area contributed by atoms with Crippen molar-refractivity contribution in [2.45, 2.75) is 32.1 Å². The van der Waals surface area contributed by atoms with Crippen LogP contribution in [0.1, 0.15) is 32.1 Å². The van der Waals surface area contributed by atoms with Gasteiger partial charge in [-0.05, 0) is 52.9 Å². The van der Waals surface area contributed by atoms with Crippen molar-refractivity contribution in [2.75, 3.05) is 33.7 Å². The Bertz CT molecular complexity index is 253. The molecule has 1 N–H and O–H groups in total. The zero-order valence-corrected chi connectivity index (χ0v) is 10.6. The topological polar surface area (TPSA) is 32.3 Å². The van der Waals surface area contributed by atoms with Crippen LogP contribution >= 0.6 is 0 Å². The van der Waals surface area contributed by atoms with E-state index in [1.165, 1.54) is 6.42 Å². The molecule has 1 aliphatic carbocycles. The number of carbonyl (C=O) groups excluding carboxylic acids is 1. The Labute approximate surface area is 98.6 Å². The lowest BCUT2D eigenvalue weighted by Crippen LogP contribution is -2.49. The predicted molar refractivity (Wildman–Crippen MR) is 65.4 cm³/mol. The lowest BCUT2D eigenvalue weighted by molar-refractivity contribution is -0.139. The van der Waals surface area contributed by atoms with Gasteiger partial charge in [-0.3, -0.25) is 4.79 Å². The van der Waals surface area contributed by atoms with Gasteiger partial charge in [-0.15, -0.1) is 0 Å². The molecule has 16 heavy (non-hydrogen) atoms. The number of nitrogens with zero attached hydrogens (tertiary/aromatic N) is 1. The molecule has 2 rings (SSSR count). The molecule has 2 fully saturated rings. The van der Waals surface area contributed by atoms with Crippen LogP contribution < -0.4 is 5.32 Å². The molecule has 0 bridgehead atoms. The van der Waals surface area contributed by atoms with Gasteiger partial charge in [0.15, 0.2) is 0 Å². The molecule has 0 aromatic rings. The van der Waals surface area contributed by atoms with Gasteiger partial charge >= 0.3 is 0 Å². The average Bonchev–Trinajstić information content (AvgIpc) is 2.23. The van der Waals surface area contributed by atoms with E-state index in [0.29, 0.717) is 11.7 Å². The summed E-state index contributed by atoms with van der Waals surface area (Å²) in [4.78, 5) is 14.9. The van der Waals surface area contributed by atoms with Gasteiger partial charge in [0.1, 0.15) is 5.78 Å². The van der Waals surface area contributed by atoms with Gasteiger partial charge in [0, 0.05) is 17.9 Å². The van der Waals surface area contributed by atoms with Crippen molar-refractivity contribution in [3.05, 3.63) is 0 Å². The maximum atomic E-state index is 12.5. The van der Waals surface area contributed by atoms with Crippen molar-refractivity contribution in [2.24, 2.45) is 11.3 Å². The van der Waals surface area contributed by atoms with Gasteiger partial charge in [-0.2, -0.15) is 0 Å². The van der Waals surface area contributed by atoms with Gasteiger partial charge in [0.25, 0.3) is 0 Å². The molecule has 0 atom stereocenters. The van der Waals surface area contributed by atoms with Crippen molar-refractivity contribution in [3.8, 4) is 0 Å². The predicted octanol–water partition coefficient (Wildman–Crippen LogP) is 1.29. The number of nitrogens with one attached hydrogen (secondary N) is 1. The summed E-state index contributed by atoms with van der Waals surface area (Å²) in [7, 11) is 4.11. The monoisotopic (exact) mass is 224 g/mol. The Kier molecular flexibility index (Phi) is 3.65. The first-order chi connectivity index (χ1) is 7.68. The van der Waals surface area contributed by atoms with Crippen LogP contribution in [0, 0.1) is 11.3 Å². The summed E-state index contributed by atoms with van der Waals surface area (Å²) < 4.78 is 0. The minimum absolute atomic E-state index is 0.00925. The van der Waals surface area contributed by atoms with Crippen molar-refractivity contribution in [1.82, 2.24) is 10.2 Å². The van der Waals surface area contributed by atoms with Crippen LogP contribution in [0.5, 0.6) is 0 Å². The minimum atomic E-state index is 0.00925. The van der Waals surface area contributed by atoms with E-state index in [0.717, 1.165) is 45.3 Å². The molecule has 1 saturated heterocycles. The molecule has 1 saturated carbocycles. The van der Waals surface area contributed by atoms with E-state index < -0.39 is 0 Å². The number of piperidine rings is 1. The maximum Gasteiger partial charge on any atom is 0.143 e. The van der Waals surface area contributed by atoms with E-state index in [1.807, 2.05) is 7.05 Å². The fourth-order valence-corrected chi connectivity index (χ4v) is 3.16. The lowest BCUT2D eigenvalue weighted by atomic mass is 9.62. The van der Waals surface area contributed by atoms with Crippen LogP contribution in [0.4, 0.5) is 0 Å². The molecule has 0 aromatic heterocycles. The molecule has 0 aromatic carbocycles. The Morgan fingerprint density at radius 1 is 1.38 bits per heavy atom. The normalized spacial score (nSPS) is 26.4. The average molecular weight is 224 g/mol. The number of rotatable bonds is 4. The third-order valence-corrected chi connectivity index (χ3v) is 4.44. The second kappa shape index (κ2) is 4.84. The molecule has 0 spiro atoms. The summed E-state index contributed by atoms with van der Waals surface area (Å²) in [5.74, 6) is 0.894. The summed E-state index contributed by atoms with van der Waals surface area (Å²) >= 11 is 0. The van der Waals surface area contributed by atoms with E-state index in [2.05, 4.69) is 17.3 Å². The van der Waals surface area contributed by atoms with Crippen molar-refractivity contribution >= 4 is 5.78 Å². The Hall–Kier alpha value is -0.410. The fraction of sp³-hybridized carbons (Fsp3) is 0.923. The summed E-state index contributed by atoms with van der Waals surface area (Å²) in [6.07, 6.45) is 5.60. The van der Waals surface area contributed by atoms with Gasteiger partial charge in [-0.1, -0.05) is 6.42 Å². The number of hydrogen-bond acceptors (Lipinski definition) is 3. The largest absolute Gasteiger partial charge is 0.319 e. The number of ketones is 1. The van der Waals surface area contributed by atoms with E-state index in [1.54, 1.807) is 0 Å². The van der Waals surface area contributed by atoms with Gasteiger partial charge < -0.3 is 10.2 Å². The molecule has 3 nitrogen and oxygen atoms in total. The number of likely N-dealkylation sites (tertiary alicyclic amines) is 1. The van der Waals surface area contributed by atoms with Crippen LogP contribution in [0.2, 0.25) is 0 Å². The second-order valence-corrected chi connectivity index (χ2v) is 5.61. The summed E-state index contributed by atoms with van der Waals surface area (Å²) in [5, 5.41) is 3.21. The third kappa shape index (κ3) is 2.16. The van der Waals surface area contributed by atoms with Crippen LogP contribution in [0.25, 0.3) is 0 Å². The number of carbonyl (C=O) groups is 1. The Morgan fingerprint density at radius 3 is 2.44 bits per heavy atom. The Balaban J connectivity index is 1.95. The second-order valence-electron chi connectivity index (χ2n) is 5.61. The van der Waals surface area contributed by atoms with Crippen LogP contribution in [0.3, 0.4) is 0 Å². The number of Topliss-reactive ketones (excluding diaryl/α,β-unsaturated/α-hetero) is 1. The first-order valence-corrected chi connectivity index (χ1v) is 6.55. The number of hydrogen-bond donors (Lipinski definition) is 1. The smallest absolute Gasteiger partial charge is 0.143 e. The van der Waals surface area contributed by atoms with E-state index in [9.17, 15) is 4.79 Å². The van der Waals surface area contributed by atoms with E-state index in [-0.39, 0.29) is 5.41 Å². The molecule has 0 amide bonds. The first-order valence-electron chi connectivity index (χ1n) is 6.55. The van der Waals surface area contributed by atoms with Crippen LogP contribution in [0.15, 0.2) is 0 Å². The molecular formula is C13H24N2O. The summed E-state index contributed by atoms with van der Waals surface area (Å²) in [6.45, 7) is 3.07. The molecule has 1 heterocycles. The maximum absolute atomic E-state index is 12.5. The van der Waals surface area contributed by atoms with E-state index >= 15 is 0 Å². The third-order valence-electron chi connectivity index (χ3n) is 4.44. The highest BCUT2D eigenvalue weighted by atomic mass is 16.1. The van der Waals surface area contributed by atoms with E-state index in [4.69, 9.17) is 0 Å². The van der Waals surface area contributed by atoms with Crippen molar-refractivity contribution in [1.29, 1.82) is 0 Å². The van der Waals surface area contributed by atoms with Gasteiger partial charge in [-0.25, -0.2) is 0 Å². The highest BCUT2D eigenvalue weighted by Crippen LogP contribution is 2.44. The van der Waals surface area contributed by atoms with Crippen molar-refractivity contribution < 1.29 is 4.79 Å². The molecular weight excluding hydrogens is 200 g/mol. The molecule has 3 heteroatoms. The molecule has 0 radical (unpaired) electrons. The SMILES string of the molecule is CNCC1(C(=O)C2CCN(C)CC2)CCC1. The standard InChI is InChI=1S/C13H24N2O/c1-14-10-13(6-3-7-13)12(16)11-4-8-15(2)9-5-11/h11,14H,3-10H2,1-2H3. The zero-order chi connectivity index (χ0) is 11.6. The highest BCUT2D eigenvalue weighted by molar-refractivity contribution is 5.88. The van der Waals surface area contributed by atoms with Crippen LogP contribution in [-0.4, -0.2) is 44.4 Å². The van der Waals surface area contributed by atoms with Crippen LogP contribution in [-0.2, 0) is 4.79 Å². The van der Waals surface area contributed by atoms with Gasteiger partial charge in [0.05, 0.1) is 0 Å². The molecule has 0 unspecified atom stereocenters. The summed E-state index contributed by atoms with van der Waals surface area (Å²) in [5.41, 5.74) is 0.00925. The molecule has 1 aliphatic heterocycles. The lowest BCUT2D eigenvalue weighted by Gasteiger charge is -2.43. The Morgan fingerprint density at radius 2 is 2.00 bits per heavy atom. The molecule has 92 valence electrons. The van der Waals surface area contributed by atoms with Gasteiger partial charge in [0.2, 0.25) is 0 Å². The van der Waals surface area contributed by atoms with Crippen molar-refractivity contribution in [3.63, 3.8) is 0 Å². The quantitative estimate of drug-likeness (QED) is 0.781. The molecule has 2 aliphatic rings. The highest BCUT2D eigenvalue weighted by Gasteiger charge is 2.46.